The second-order valence-electron chi connectivity index (χ2n) is 7.83. The largest absolute Gasteiger partial charge is 0.573 e. The van der Waals surface area contributed by atoms with Crippen molar-refractivity contribution in [2.24, 2.45) is 0 Å². The molecule has 0 aliphatic carbocycles. The van der Waals surface area contributed by atoms with Gasteiger partial charge >= 0.3 is 6.36 Å². The predicted octanol–water partition coefficient (Wildman–Crippen LogP) is 3.23. The van der Waals surface area contributed by atoms with Crippen molar-refractivity contribution in [3.8, 4) is 11.4 Å². The van der Waals surface area contributed by atoms with Crippen LogP contribution in [0.15, 0.2) is 76.4 Å². The average Bonchev–Trinajstić information content (AvgIpc) is 2.80. The third kappa shape index (κ3) is 5.74. The van der Waals surface area contributed by atoms with Crippen LogP contribution in [-0.2, 0) is 16.4 Å². The van der Waals surface area contributed by atoms with Crippen molar-refractivity contribution < 1.29 is 26.3 Å². The number of fused-ring (bicyclic) bond motifs is 1. The minimum atomic E-state index is -4.86. The van der Waals surface area contributed by atoms with Gasteiger partial charge < -0.3 is 14.6 Å². The first kappa shape index (κ1) is 25.0. The van der Waals surface area contributed by atoms with Gasteiger partial charge in [0, 0.05) is 24.4 Å². The van der Waals surface area contributed by atoms with Gasteiger partial charge in [-0.15, -0.1) is 18.3 Å². The van der Waals surface area contributed by atoms with Gasteiger partial charge in [0.15, 0.2) is 5.82 Å². The molecule has 0 fully saturated rings. The molecule has 0 bridgehead atoms. The van der Waals surface area contributed by atoms with Crippen LogP contribution in [0.25, 0.3) is 16.5 Å². The van der Waals surface area contributed by atoms with Gasteiger partial charge in [0.2, 0.25) is 0 Å². The fraction of sp³-hybridized carbons (Fsp3) is 0.174. The number of aromatic nitrogens is 3. The number of benzene rings is 2. The minimum absolute atomic E-state index is 0.0484. The van der Waals surface area contributed by atoms with Crippen LogP contribution in [0.2, 0.25) is 0 Å². The fourth-order valence-corrected chi connectivity index (χ4v) is 3.97. The summed E-state index contributed by atoms with van der Waals surface area (Å²) in [6, 6.07) is 14.1. The number of hydrogen-bond donors (Lipinski definition) is 1. The van der Waals surface area contributed by atoms with E-state index in [0.29, 0.717) is 5.39 Å². The van der Waals surface area contributed by atoms with Crippen LogP contribution in [0.3, 0.4) is 0 Å². The lowest BCUT2D eigenvalue weighted by atomic mass is 10.2. The van der Waals surface area contributed by atoms with Crippen molar-refractivity contribution in [1.82, 2.24) is 14.3 Å². The molecule has 13 heteroatoms. The quantitative estimate of drug-likeness (QED) is 0.398. The lowest BCUT2D eigenvalue weighted by molar-refractivity contribution is -0.274. The van der Waals surface area contributed by atoms with Crippen molar-refractivity contribution in [3.05, 3.63) is 87.6 Å². The average molecular weight is 520 g/mol. The number of pyridine rings is 1. The molecule has 0 aliphatic heterocycles. The standard InChI is InChI=1S/C23H19F3N4O5S/c1-36(33,34)14-13-29-12-4-7-19(22(29)32)27-20-17-5-2-3-6-18(17)21(31)30(28-20)15-8-10-16(11-9-15)35-23(24,25)26/h2-12H,13-14H2,1H3,(H,27,28). The molecule has 2 aromatic carbocycles. The smallest absolute Gasteiger partial charge is 0.406 e. The third-order valence-corrected chi connectivity index (χ3v) is 6.02. The SMILES string of the molecule is CS(=O)(=O)CCn1cccc(Nc2nn(-c3ccc(OC(F)(F)F)cc3)c(=O)c3ccccc23)c1=O. The maximum atomic E-state index is 13.1. The van der Waals surface area contributed by atoms with Crippen molar-refractivity contribution in [3.63, 3.8) is 0 Å². The topological polar surface area (TPSA) is 112 Å². The highest BCUT2D eigenvalue weighted by Gasteiger charge is 2.31. The highest BCUT2D eigenvalue weighted by atomic mass is 32.2. The van der Waals surface area contributed by atoms with Crippen LogP contribution in [0.5, 0.6) is 5.75 Å². The summed E-state index contributed by atoms with van der Waals surface area (Å²) in [6.07, 6.45) is -2.34. The molecule has 36 heavy (non-hydrogen) atoms. The zero-order chi connectivity index (χ0) is 26.1. The summed E-state index contributed by atoms with van der Waals surface area (Å²) in [5, 5.41) is 7.87. The Kier molecular flexibility index (Phi) is 6.59. The van der Waals surface area contributed by atoms with E-state index in [1.165, 1.54) is 29.0 Å². The second-order valence-corrected chi connectivity index (χ2v) is 10.1. The van der Waals surface area contributed by atoms with Crippen LogP contribution in [0.4, 0.5) is 24.7 Å². The monoisotopic (exact) mass is 520 g/mol. The number of hydrogen-bond acceptors (Lipinski definition) is 7. The summed E-state index contributed by atoms with van der Waals surface area (Å²) >= 11 is 0. The highest BCUT2D eigenvalue weighted by Crippen LogP contribution is 2.25. The molecule has 2 aromatic heterocycles. The summed E-state index contributed by atoms with van der Waals surface area (Å²) in [5.41, 5.74) is -0.776. The summed E-state index contributed by atoms with van der Waals surface area (Å²) in [4.78, 5) is 26.0. The molecule has 4 rings (SSSR count). The van der Waals surface area contributed by atoms with Crippen LogP contribution < -0.4 is 21.2 Å². The Morgan fingerprint density at radius 2 is 1.61 bits per heavy atom. The van der Waals surface area contributed by atoms with Gasteiger partial charge in [-0.1, -0.05) is 18.2 Å². The van der Waals surface area contributed by atoms with E-state index in [2.05, 4.69) is 15.2 Å². The first-order valence-corrected chi connectivity index (χ1v) is 12.5. The molecule has 4 aromatic rings. The van der Waals surface area contributed by atoms with E-state index >= 15 is 0 Å². The molecule has 0 radical (unpaired) electrons. The van der Waals surface area contributed by atoms with E-state index in [0.717, 1.165) is 23.1 Å². The lowest BCUT2D eigenvalue weighted by Crippen LogP contribution is -2.26. The van der Waals surface area contributed by atoms with E-state index in [1.54, 1.807) is 30.3 Å². The molecule has 0 saturated carbocycles. The molecule has 0 saturated heterocycles. The van der Waals surface area contributed by atoms with Crippen LogP contribution in [-0.4, -0.2) is 41.1 Å². The normalized spacial score (nSPS) is 12.0. The number of nitrogens with zero attached hydrogens (tertiary/aromatic N) is 3. The minimum Gasteiger partial charge on any atom is -0.406 e. The molecule has 0 aliphatic rings. The van der Waals surface area contributed by atoms with Crippen molar-refractivity contribution in [2.45, 2.75) is 12.9 Å². The van der Waals surface area contributed by atoms with Gasteiger partial charge in [-0.25, -0.2) is 8.42 Å². The van der Waals surface area contributed by atoms with Gasteiger partial charge in [0.1, 0.15) is 21.3 Å². The van der Waals surface area contributed by atoms with Gasteiger partial charge in [0.25, 0.3) is 11.1 Å². The number of rotatable bonds is 7. The number of anilines is 2. The van der Waals surface area contributed by atoms with Gasteiger partial charge in [-0.3, -0.25) is 9.59 Å². The number of ether oxygens (including phenoxy) is 1. The number of aryl methyl sites for hydroxylation is 1. The Morgan fingerprint density at radius 3 is 2.25 bits per heavy atom. The van der Waals surface area contributed by atoms with Gasteiger partial charge in [-0.05, 0) is 42.5 Å². The summed E-state index contributed by atoms with van der Waals surface area (Å²) in [7, 11) is -3.30. The van der Waals surface area contributed by atoms with E-state index in [9.17, 15) is 31.2 Å². The number of alkyl halides is 3. The third-order valence-electron chi connectivity index (χ3n) is 5.10. The molecule has 9 nitrogen and oxygen atoms in total. The second kappa shape index (κ2) is 9.49. The molecule has 2 heterocycles. The van der Waals surface area contributed by atoms with Crippen molar-refractivity contribution in [2.75, 3.05) is 17.3 Å². The lowest BCUT2D eigenvalue weighted by Gasteiger charge is -2.14. The molecule has 1 N–H and O–H groups in total. The molecule has 188 valence electrons. The van der Waals surface area contributed by atoms with Gasteiger partial charge in [0.05, 0.1) is 16.8 Å². The fourth-order valence-electron chi connectivity index (χ4n) is 3.45. The first-order chi connectivity index (χ1) is 16.9. The Labute approximate surface area is 202 Å². The van der Waals surface area contributed by atoms with Crippen LogP contribution in [0, 0.1) is 0 Å². The zero-order valence-corrected chi connectivity index (χ0v) is 19.5. The molecule has 0 spiro atoms. The Hall–Kier alpha value is -4.13. The van der Waals surface area contributed by atoms with Crippen LogP contribution >= 0.6 is 0 Å². The van der Waals surface area contributed by atoms with E-state index in [1.807, 2.05) is 0 Å². The molecular formula is C23H19F3N4O5S. The zero-order valence-electron chi connectivity index (χ0n) is 18.7. The Balaban J connectivity index is 1.76. The Bertz CT molecular complexity index is 1650. The van der Waals surface area contributed by atoms with Gasteiger partial charge in [-0.2, -0.15) is 4.68 Å². The predicted molar refractivity (Wildman–Crippen MR) is 128 cm³/mol. The summed E-state index contributed by atoms with van der Waals surface area (Å²) in [5.74, 6) is -0.549. The summed E-state index contributed by atoms with van der Waals surface area (Å²) in [6.45, 7) is -0.0484. The molecular weight excluding hydrogens is 501 g/mol. The van der Waals surface area contributed by atoms with E-state index < -0.39 is 33.1 Å². The van der Waals surface area contributed by atoms with E-state index in [-0.39, 0.29) is 34.9 Å². The van der Waals surface area contributed by atoms with Crippen LogP contribution in [0.1, 0.15) is 0 Å². The molecule has 0 atom stereocenters. The molecule has 0 amide bonds. The Morgan fingerprint density at radius 1 is 0.944 bits per heavy atom. The number of sulfone groups is 1. The maximum absolute atomic E-state index is 13.1. The van der Waals surface area contributed by atoms with E-state index in [4.69, 9.17) is 0 Å². The van der Waals surface area contributed by atoms with Crippen molar-refractivity contribution in [1.29, 1.82) is 0 Å². The highest BCUT2D eigenvalue weighted by molar-refractivity contribution is 7.90. The number of halogens is 3. The first-order valence-electron chi connectivity index (χ1n) is 10.4. The summed E-state index contributed by atoms with van der Waals surface area (Å²) < 4.78 is 66.5. The van der Waals surface area contributed by atoms with Crippen molar-refractivity contribution >= 4 is 32.1 Å². The molecule has 0 unspecified atom stereocenters. The number of nitrogens with one attached hydrogen (secondary N) is 1. The maximum Gasteiger partial charge on any atom is 0.573 e.